The van der Waals surface area contributed by atoms with Gasteiger partial charge >= 0.3 is 0 Å². The maximum Gasteiger partial charge on any atom is 0.225 e. The SMILES string of the molecule is O=C(C1CCC1)N1CC(N(Cc2ccccc2)C2CCOCC2)C1. The average molecular weight is 328 g/mol. The van der Waals surface area contributed by atoms with Crippen LogP contribution >= 0.6 is 0 Å². The van der Waals surface area contributed by atoms with Crippen LogP contribution in [-0.2, 0) is 16.1 Å². The molecule has 0 aromatic heterocycles. The number of amides is 1. The standard InChI is InChI=1S/C20H28N2O2/c23-20(17-7-4-8-17)21-14-19(15-21)22(18-9-11-24-12-10-18)13-16-5-2-1-3-6-16/h1-3,5-6,17-19H,4,7-15H2. The molecule has 4 rings (SSSR count). The fourth-order valence-electron chi connectivity index (χ4n) is 4.13. The highest BCUT2D eigenvalue weighted by molar-refractivity contribution is 5.80. The fraction of sp³-hybridized carbons (Fsp3) is 0.650. The van der Waals surface area contributed by atoms with Crippen LogP contribution in [0.15, 0.2) is 30.3 Å². The Hall–Kier alpha value is -1.39. The zero-order valence-electron chi connectivity index (χ0n) is 14.4. The lowest BCUT2D eigenvalue weighted by Gasteiger charge is -2.50. The number of carbonyl (C=O) groups excluding carboxylic acids is 1. The summed E-state index contributed by atoms with van der Waals surface area (Å²) in [6.07, 6.45) is 5.66. The molecule has 3 fully saturated rings. The highest BCUT2D eigenvalue weighted by Crippen LogP contribution is 2.32. The van der Waals surface area contributed by atoms with Crippen LogP contribution in [0, 0.1) is 5.92 Å². The van der Waals surface area contributed by atoms with Gasteiger partial charge in [0.2, 0.25) is 5.91 Å². The monoisotopic (exact) mass is 328 g/mol. The van der Waals surface area contributed by atoms with Gasteiger partial charge in [-0.3, -0.25) is 9.69 Å². The summed E-state index contributed by atoms with van der Waals surface area (Å²) in [5, 5.41) is 0. The normalized spacial score (nSPS) is 23.1. The lowest BCUT2D eigenvalue weighted by atomic mass is 9.83. The molecular formula is C20H28N2O2. The molecule has 4 nitrogen and oxygen atoms in total. The zero-order valence-corrected chi connectivity index (χ0v) is 14.4. The summed E-state index contributed by atoms with van der Waals surface area (Å²) >= 11 is 0. The molecule has 0 bridgehead atoms. The van der Waals surface area contributed by atoms with Crippen molar-refractivity contribution in [2.75, 3.05) is 26.3 Å². The summed E-state index contributed by atoms with van der Waals surface area (Å²) in [7, 11) is 0. The van der Waals surface area contributed by atoms with Crippen LogP contribution in [0.4, 0.5) is 0 Å². The van der Waals surface area contributed by atoms with Gasteiger partial charge in [0, 0.05) is 50.8 Å². The lowest BCUT2D eigenvalue weighted by Crippen LogP contribution is -2.64. The van der Waals surface area contributed by atoms with Crippen molar-refractivity contribution in [1.29, 1.82) is 0 Å². The number of ether oxygens (including phenoxy) is 1. The van der Waals surface area contributed by atoms with Crippen molar-refractivity contribution in [3.63, 3.8) is 0 Å². The maximum absolute atomic E-state index is 12.4. The van der Waals surface area contributed by atoms with Crippen molar-refractivity contribution >= 4 is 5.91 Å². The van der Waals surface area contributed by atoms with Gasteiger partial charge < -0.3 is 9.64 Å². The van der Waals surface area contributed by atoms with Gasteiger partial charge in [0.25, 0.3) is 0 Å². The highest BCUT2D eigenvalue weighted by atomic mass is 16.5. The van der Waals surface area contributed by atoms with Crippen molar-refractivity contribution in [2.24, 2.45) is 5.92 Å². The van der Waals surface area contributed by atoms with Gasteiger partial charge in [-0.25, -0.2) is 0 Å². The molecule has 24 heavy (non-hydrogen) atoms. The minimum absolute atomic E-state index is 0.330. The molecule has 1 amide bonds. The van der Waals surface area contributed by atoms with E-state index in [1.54, 1.807) is 0 Å². The predicted octanol–water partition coefficient (Wildman–Crippen LogP) is 2.68. The molecule has 1 saturated carbocycles. The first-order valence-electron chi connectivity index (χ1n) is 9.47. The predicted molar refractivity (Wildman–Crippen MR) is 93.5 cm³/mol. The van der Waals surface area contributed by atoms with E-state index in [0.717, 1.165) is 58.5 Å². The van der Waals surface area contributed by atoms with E-state index in [2.05, 4.69) is 40.1 Å². The smallest absolute Gasteiger partial charge is 0.225 e. The number of likely N-dealkylation sites (tertiary alicyclic amines) is 1. The molecule has 0 unspecified atom stereocenters. The van der Waals surface area contributed by atoms with Gasteiger partial charge in [0.15, 0.2) is 0 Å². The molecule has 0 N–H and O–H groups in total. The van der Waals surface area contributed by atoms with Gasteiger partial charge in [0.1, 0.15) is 0 Å². The average Bonchev–Trinajstić information content (AvgIpc) is 2.53. The van der Waals surface area contributed by atoms with E-state index >= 15 is 0 Å². The maximum atomic E-state index is 12.4. The second-order valence-corrected chi connectivity index (χ2v) is 7.53. The van der Waals surface area contributed by atoms with Crippen LogP contribution < -0.4 is 0 Å². The molecule has 1 aromatic rings. The summed E-state index contributed by atoms with van der Waals surface area (Å²) < 4.78 is 5.55. The summed E-state index contributed by atoms with van der Waals surface area (Å²) in [6, 6.07) is 11.8. The Bertz CT molecular complexity index is 546. The minimum Gasteiger partial charge on any atom is -0.381 e. The molecule has 0 atom stereocenters. The Morgan fingerprint density at radius 3 is 2.38 bits per heavy atom. The van der Waals surface area contributed by atoms with E-state index in [1.807, 2.05) is 0 Å². The Balaban J connectivity index is 1.40. The van der Waals surface area contributed by atoms with Crippen molar-refractivity contribution in [2.45, 2.75) is 50.7 Å². The van der Waals surface area contributed by atoms with Crippen LogP contribution in [0.1, 0.15) is 37.7 Å². The van der Waals surface area contributed by atoms with Crippen LogP contribution in [0.5, 0.6) is 0 Å². The fourth-order valence-corrected chi connectivity index (χ4v) is 4.13. The van der Waals surface area contributed by atoms with Crippen molar-refractivity contribution in [1.82, 2.24) is 9.80 Å². The molecule has 2 heterocycles. The molecule has 3 aliphatic rings. The first-order valence-corrected chi connectivity index (χ1v) is 9.47. The Morgan fingerprint density at radius 1 is 1.04 bits per heavy atom. The minimum atomic E-state index is 0.330. The van der Waals surface area contributed by atoms with Gasteiger partial charge in [-0.05, 0) is 31.2 Å². The molecule has 2 saturated heterocycles. The highest BCUT2D eigenvalue weighted by Gasteiger charge is 2.41. The quantitative estimate of drug-likeness (QED) is 0.833. The van der Waals surface area contributed by atoms with Crippen LogP contribution in [0.3, 0.4) is 0 Å². The molecule has 1 aromatic carbocycles. The van der Waals surface area contributed by atoms with Gasteiger partial charge in [-0.2, -0.15) is 0 Å². The van der Waals surface area contributed by atoms with Crippen molar-refractivity contribution < 1.29 is 9.53 Å². The van der Waals surface area contributed by atoms with Gasteiger partial charge in [-0.1, -0.05) is 36.8 Å². The second-order valence-electron chi connectivity index (χ2n) is 7.53. The van der Waals surface area contributed by atoms with E-state index < -0.39 is 0 Å². The molecule has 130 valence electrons. The number of rotatable bonds is 5. The third kappa shape index (κ3) is 3.35. The number of benzene rings is 1. The van der Waals surface area contributed by atoms with E-state index in [9.17, 15) is 4.79 Å². The summed E-state index contributed by atoms with van der Waals surface area (Å²) in [5.74, 6) is 0.737. The number of carbonyl (C=O) groups is 1. The lowest BCUT2D eigenvalue weighted by molar-refractivity contribution is -0.147. The van der Waals surface area contributed by atoms with Crippen molar-refractivity contribution in [3.8, 4) is 0 Å². The van der Waals surface area contributed by atoms with E-state index in [0.29, 0.717) is 23.9 Å². The second kappa shape index (κ2) is 7.24. The third-order valence-corrected chi connectivity index (χ3v) is 5.97. The number of hydrogen-bond acceptors (Lipinski definition) is 3. The molecule has 4 heteroatoms. The van der Waals surface area contributed by atoms with Gasteiger partial charge in [-0.15, -0.1) is 0 Å². The van der Waals surface area contributed by atoms with Crippen molar-refractivity contribution in [3.05, 3.63) is 35.9 Å². The summed E-state index contributed by atoms with van der Waals surface area (Å²) in [5.41, 5.74) is 1.37. The number of nitrogens with zero attached hydrogens (tertiary/aromatic N) is 2. The van der Waals surface area contributed by atoms with E-state index in [1.165, 1.54) is 12.0 Å². The van der Waals surface area contributed by atoms with E-state index in [-0.39, 0.29) is 0 Å². The molecule has 0 radical (unpaired) electrons. The Kier molecular flexibility index (Phi) is 4.86. The molecule has 1 aliphatic carbocycles. The number of hydrogen-bond donors (Lipinski definition) is 0. The first-order chi connectivity index (χ1) is 11.8. The third-order valence-electron chi connectivity index (χ3n) is 5.97. The molecule has 0 spiro atoms. The summed E-state index contributed by atoms with van der Waals surface area (Å²) in [4.78, 5) is 17.1. The summed E-state index contributed by atoms with van der Waals surface area (Å²) in [6.45, 7) is 4.56. The van der Waals surface area contributed by atoms with Gasteiger partial charge in [0.05, 0.1) is 0 Å². The zero-order chi connectivity index (χ0) is 16.4. The first kappa shape index (κ1) is 16.1. The van der Waals surface area contributed by atoms with Crippen LogP contribution in [0.25, 0.3) is 0 Å². The Morgan fingerprint density at radius 2 is 1.75 bits per heavy atom. The molecular weight excluding hydrogens is 300 g/mol. The Labute approximate surface area is 144 Å². The topological polar surface area (TPSA) is 32.8 Å². The largest absolute Gasteiger partial charge is 0.381 e. The molecule has 2 aliphatic heterocycles. The van der Waals surface area contributed by atoms with E-state index in [4.69, 9.17) is 4.74 Å². The van der Waals surface area contributed by atoms with Crippen LogP contribution in [0.2, 0.25) is 0 Å². The van der Waals surface area contributed by atoms with Crippen LogP contribution in [-0.4, -0.2) is 54.1 Å².